The number of benzene rings is 1. The van der Waals surface area contributed by atoms with Gasteiger partial charge in [-0.2, -0.15) is 0 Å². The molecule has 1 aliphatic carbocycles. The largest absolute Gasteiger partial charge is 0.393 e. The molecule has 1 fully saturated rings. The Hall–Kier alpha value is -1.39. The van der Waals surface area contributed by atoms with Crippen molar-refractivity contribution in [1.29, 1.82) is 0 Å². The molecule has 2 rings (SSSR count). The summed E-state index contributed by atoms with van der Waals surface area (Å²) in [4.78, 5) is 12.1. The quantitative estimate of drug-likeness (QED) is 0.717. The van der Waals surface area contributed by atoms with Gasteiger partial charge in [0.15, 0.2) is 0 Å². The van der Waals surface area contributed by atoms with Crippen molar-refractivity contribution in [2.24, 2.45) is 11.7 Å². The SMILES string of the molecule is NCCc1ccccc1C(=O)NCC1CC(O)C1. The lowest BCUT2D eigenvalue weighted by Gasteiger charge is -2.31. The predicted molar refractivity (Wildman–Crippen MR) is 70.3 cm³/mol. The van der Waals surface area contributed by atoms with Crippen LogP contribution in [0.4, 0.5) is 0 Å². The molecule has 0 bridgehead atoms. The van der Waals surface area contributed by atoms with Crippen LogP contribution in [0, 0.1) is 5.92 Å². The first-order valence-electron chi connectivity index (χ1n) is 6.45. The number of rotatable bonds is 5. The third kappa shape index (κ3) is 3.09. The summed E-state index contributed by atoms with van der Waals surface area (Å²) in [6.07, 6.45) is 2.14. The molecule has 1 aromatic rings. The maximum absolute atomic E-state index is 12.1. The molecule has 1 aliphatic rings. The summed E-state index contributed by atoms with van der Waals surface area (Å²) in [6, 6.07) is 7.55. The lowest BCUT2D eigenvalue weighted by atomic mass is 9.82. The van der Waals surface area contributed by atoms with Crippen molar-refractivity contribution < 1.29 is 9.90 Å². The summed E-state index contributed by atoms with van der Waals surface area (Å²) in [5, 5.41) is 12.1. The molecule has 0 spiro atoms. The molecule has 18 heavy (non-hydrogen) atoms. The number of amides is 1. The number of nitrogens with one attached hydrogen (secondary N) is 1. The Morgan fingerprint density at radius 2 is 2.11 bits per heavy atom. The van der Waals surface area contributed by atoms with Crippen LogP contribution in [-0.2, 0) is 6.42 Å². The van der Waals surface area contributed by atoms with E-state index in [1.807, 2.05) is 24.3 Å². The van der Waals surface area contributed by atoms with Crippen LogP contribution >= 0.6 is 0 Å². The topological polar surface area (TPSA) is 75.4 Å². The monoisotopic (exact) mass is 248 g/mol. The molecule has 0 saturated heterocycles. The second-order valence-corrected chi connectivity index (χ2v) is 4.90. The normalized spacial score (nSPS) is 22.3. The molecule has 0 radical (unpaired) electrons. The smallest absolute Gasteiger partial charge is 0.251 e. The van der Waals surface area contributed by atoms with E-state index in [1.165, 1.54) is 0 Å². The Morgan fingerprint density at radius 3 is 2.78 bits per heavy atom. The number of nitrogens with two attached hydrogens (primary N) is 1. The minimum Gasteiger partial charge on any atom is -0.393 e. The fourth-order valence-corrected chi connectivity index (χ4v) is 2.31. The van der Waals surface area contributed by atoms with Crippen molar-refractivity contribution in [1.82, 2.24) is 5.32 Å². The molecule has 0 unspecified atom stereocenters. The Balaban J connectivity index is 1.91. The molecule has 0 atom stereocenters. The molecule has 4 heteroatoms. The van der Waals surface area contributed by atoms with Crippen LogP contribution in [0.5, 0.6) is 0 Å². The number of hydrogen-bond donors (Lipinski definition) is 3. The summed E-state index contributed by atoms with van der Waals surface area (Å²) in [5.74, 6) is 0.381. The van der Waals surface area contributed by atoms with Crippen molar-refractivity contribution in [3.63, 3.8) is 0 Å². The summed E-state index contributed by atoms with van der Waals surface area (Å²) >= 11 is 0. The highest BCUT2D eigenvalue weighted by molar-refractivity contribution is 5.95. The van der Waals surface area contributed by atoms with Gasteiger partial charge in [0.2, 0.25) is 0 Å². The predicted octanol–water partition coefficient (Wildman–Crippen LogP) is 0.688. The van der Waals surface area contributed by atoms with Gasteiger partial charge < -0.3 is 16.2 Å². The van der Waals surface area contributed by atoms with Crippen LogP contribution in [-0.4, -0.2) is 30.2 Å². The van der Waals surface area contributed by atoms with E-state index in [4.69, 9.17) is 5.73 Å². The van der Waals surface area contributed by atoms with E-state index >= 15 is 0 Å². The molecule has 4 N–H and O–H groups in total. The van der Waals surface area contributed by atoms with Crippen molar-refractivity contribution in [2.75, 3.05) is 13.1 Å². The Bertz CT molecular complexity index is 414. The van der Waals surface area contributed by atoms with Gasteiger partial charge in [-0.1, -0.05) is 18.2 Å². The van der Waals surface area contributed by atoms with Gasteiger partial charge in [0, 0.05) is 12.1 Å². The van der Waals surface area contributed by atoms with Crippen molar-refractivity contribution in [2.45, 2.75) is 25.4 Å². The van der Waals surface area contributed by atoms with E-state index in [1.54, 1.807) is 0 Å². The second-order valence-electron chi connectivity index (χ2n) is 4.90. The summed E-state index contributed by atoms with van der Waals surface area (Å²) < 4.78 is 0. The van der Waals surface area contributed by atoms with Crippen molar-refractivity contribution >= 4 is 5.91 Å². The maximum atomic E-state index is 12.1. The van der Waals surface area contributed by atoms with Gasteiger partial charge in [0.25, 0.3) is 5.91 Å². The van der Waals surface area contributed by atoms with Crippen LogP contribution in [0.25, 0.3) is 0 Å². The summed E-state index contributed by atoms with van der Waals surface area (Å²) in [5.41, 5.74) is 7.24. The molecule has 0 heterocycles. The van der Waals surface area contributed by atoms with Crippen molar-refractivity contribution in [3.8, 4) is 0 Å². The van der Waals surface area contributed by atoms with Crippen LogP contribution in [0.3, 0.4) is 0 Å². The average Bonchev–Trinajstić information content (AvgIpc) is 2.34. The Labute approximate surface area is 107 Å². The first-order valence-corrected chi connectivity index (χ1v) is 6.45. The zero-order valence-corrected chi connectivity index (χ0v) is 10.4. The van der Waals surface area contributed by atoms with Crippen LogP contribution in [0.15, 0.2) is 24.3 Å². The fourth-order valence-electron chi connectivity index (χ4n) is 2.31. The van der Waals surface area contributed by atoms with E-state index in [0.717, 1.165) is 18.4 Å². The van der Waals surface area contributed by atoms with Gasteiger partial charge in [-0.3, -0.25) is 4.79 Å². The third-order valence-corrected chi connectivity index (χ3v) is 3.44. The summed E-state index contributed by atoms with van der Waals surface area (Å²) in [6.45, 7) is 1.19. The molecular formula is C14H20N2O2. The van der Waals surface area contributed by atoms with Crippen LogP contribution in [0.1, 0.15) is 28.8 Å². The highest BCUT2D eigenvalue weighted by atomic mass is 16.3. The Kier molecular flexibility index (Phi) is 4.33. The lowest BCUT2D eigenvalue weighted by molar-refractivity contribution is 0.0420. The molecule has 1 amide bonds. The number of hydrogen-bond acceptors (Lipinski definition) is 3. The first kappa shape index (κ1) is 13.1. The van der Waals surface area contributed by atoms with Gasteiger partial charge in [-0.05, 0) is 43.4 Å². The Morgan fingerprint density at radius 1 is 1.39 bits per heavy atom. The van der Waals surface area contributed by atoms with Crippen LogP contribution in [0.2, 0.25) is 0 Å². The fraction of sp³-hybridized carbons (Fsp3) is 0.500. The zero-order valence-electron chi connectivity index (χ0n) is 10.4. The second kappa shape index (κ2) is 5.98. The van der Waals surface area contributed by atoms with Crippen LogP contribution < -0.4 is 11.1 Å². The number of aliphatic hydroxyl groups is 1. The standard InChI is InChI=1S/C14H20N2O2/c15-6-5-11-3-1-2-4-13(11)14(18)16-9-10-7-12(17)8-10/h1-4,10,12,17H,5-9,15H2,(H,16,18). The van der Waals surface area contributed by atoms with E-state index in [9.17, 15) is 9.90 Å². The number of carbonyl (C=O) groups is 1. The molecule has 0 aromatic heterocycles. The van der Waals surface area contributed by atoms with Gasteiger partial charge in [0.1, 0.15) is 0 Å². The minimum absolute atomic E-state index is 0.0413. The minimum atomic E-state index is -0.170. The van der Waals surface area contributed by atoms with E-state index in [2.05, 4.69) is 5.32 Å². The van der Waals surface area contributed by atoms with E-state index < -0.39 is 0 Å². The number of carbonyl (C=O) groups excluding carboxylic acids is 1. The highest BCUT2D eigenvalue weighted by Gasteiger charge is 2.27. The van der Waals surface area contributed by atoms with E-state index in [0.29, 0.717) is 31.0 Å². The summed E-state index contributed by atoms with van der Waals surface area (Å²) in [7, 11) is 0. The molecule has 0 aliphatic heterocycles. The molecule has 1 aromatic carbocycles. The maximum Gasteiger partial charge on any atom is 0.251 e. The van der Waals surface area contributed by atoms with Gasteiger partial charge in [-0.25, -0.2) is 0 Å². The molecule has 1 saturated carbocycles. The van der Waals surface area contributed by atoms with Gasteiger partial charge in [0.05, 0.1) is 6.10 Å². The lowest BCUT2D eigenvalue weighted by Crippen LogP contribution is -2.38. The third-order valence-electron chi connectivity index (χ3n) is 3.44. The number of aliphatic hydroxyl groups excluding tert-OH is 1. The zero-order chi connectivity index (χ0) is 13.0. The van der Waals surface area contributed by atoms with Gasteiger partial charge in [-0.15, -0.1) is 0 Å². The molecular weight excluding hydrogens is 228 g/mol. The first-order chi connectivity index (χ1) is 8.70. The average molecular weight is 248 g/mol. The molecule has 98 valence electrons. The van der Waals surface area contributed by atoms with E-state index in [-0.39, 0.29) is 12.0 Å². The van der Waals surface area contributed by atoms with Crippen molar-refractivity contribution in [3.05, 3.63) is 35.4 Å². The van der Waals surface area contributed by atoms with Gasteiger partial charge >= 0.3 is 0 Å². The molecule has 4 nitrogen and oxygen atoms in total. The highest BCUT2D eigenvalue weighted by Crippen LogP contribution is 2.26.